The minimum Gasteiger partial charge on any atom is -0.502 e. The van der Waals surface area contributed by atoms with Crippen molar-refractivity contribution >= 4 is 5.69 Å². The Morgan fingerprint density at radius 3 is 2.53 bits per heavy atom. The van der Waals surface area contributed by atoms with Crippen LogP contribution in [0.2, 0.25) is 0 Å². The summed E-state index contributed by atoms with van der Waals surface area (Å²) in [5, 5.41) is 20.0. The van der Waals surface area contributed by atoms with Gasteiger partial charge in [-0.15, -0.1) is 0 Å². The standard InChI is InChI=1S/C12H18N2O3/c1-12(2,3)11(13)7-8-4-5-10(15)9(6-8)14(16)17/h4-6,11,15H,7,13H2,1-3H3. The van der Waals surface area contributed by atoms with Crippen molar-refractivity contribution in [2.45, 2.75) is 33.2 Å². The van der Waals surface area contributed by atoms with Gasteiger partial charge in [0.2, 0.25) is 0 Å². The maximum atomic E-state index is 10.7. The number of nitrogens with zero attached hydrogens (tertiary/aromatic N) is 1. The lowest BCUT2D eigenvalue weighted by Gasteiger charge is -2.27. The lowest BCUT2D eigenvalue weighted by Crippen LogP contribution is -2.36. The SMILES string of the molecule is CC(C)(C)C(N)Cc1ccc(O)c([N+](=O)[O-])c1. The van der Waals surface area contributed by atoms with Gasteiger partial charge < -0.3 is 10.8 Å². The van der Waals surface area contributed by atoms with Gasteiger partial charge in [0.1, 0.15) is 0 Å². The molecule has 1 atom stereocenters. The van der Waals surface area contributed by atoms with Gasteiger partial charge in [-0.05, 0) is 23.5 Å². The first-order valence-electron chi connectivity index (χ1n) is 5.43. The third kappa shape index (κ3) is 3.42. The van der Waals surface area contributed by atoms with Crippen LogP contribution in [-0.2, 0) is 6.42 Å². The second-order valence-corrected chi connectivity index (χ2v) is 5.26. The fourth-order valence-electron chi connectivity index (χ4n) is 1.40. The highest BCUT2D eigenvalue weighted by molar-refractivity contribution is 5.47. The van der Waals surface area contributed by atoms with Gasteiger partial charge in [-0.1, -0.05) is 26.8 Å². The first-order chi connectivity index (χ1) is 7.71. The molecule has 0 fully saturated rings. The quantitative estimate of drug-likeness (QED) is 0.624. The fraction of sp³-hybridized carbons (Fsp3) is 0.500. The van der Waals surface area contributed by atoms with Gasteiger partial charge in [0, 0.05) is 12.1 Å². The number of nitro groups is 1. The molecule has 0 amide bonds. The van der Waals surface area contributed by atoms with E-state index in [9.17, 15) is 15.2 Å². The molecule has 5 nitrogen and oxygen atoms in total. The van der Waals surface area contributed by atoms with Gasteiger partial charge in [0.05, 0.1) is 4.92 Å². The minimum atomic E-state index is -0.596. The van der Waals surface area contributed by atoms with E-state index in [2.05, 4.69) is 0 Å². The molecule has 0 saturated heterocycles. The van der Waals surface area contributed by atoms with Crippen molar-refractivity contribution in [3.63, 3.8) is 0 Å². The van der Waals surface area contributed by atoms with Gasteiger partial charge >= 0.3 is 5.69 Å². The molecule has 0 aliphatic rings. The number of aromatic hydroxyl groups is 1. The lowest BCUT2D eigenvalue weighted by atomic mass is 9.84. The average molecular weight is 238 g/mol. The van der Waals surface area contributed by atoms with Crippen molar-refractivity contribution in [2.24, 2.45) is 11.1 Å². The molecule has 0 aliphatic heterocycles. The summed E-state index contributed by atoms with van der Waals surface area (Å²) >= 11 is 0. The number of nitro benzene ring substituents is 1. The number of hydrogen-bond acceptors (Lipinski definition) is 4. The number of benzene rings is 1. The van der Waals surface area contributed by atoms with Crippen LogP contribution >= 0.6 is 0 Å². The van der Waals surface area contributed by atoms with E-state index in [1.807, 2.05) is 20.8 Å². The molecule has 0 heterocycles. The van der Waals surface area contributed by atoms with Crippen LogP contribution in [0.25, 0.3) is 0 Å². The molecule has 0 saturated carbocycles. The van der Waals surface area contributed by atoms with Crippen LogP contribution in [-0.4, -0.2) is 16.1 Å². The summed E-state index contributed by atoms with van der Waals surface area (Å²) in [6.07, 6.45) is 0.546. The van der Waals surface area contributed by atoms with E-state index in [-0.39, 0.29) is 22.9 Å². The van der Waals surface area contributed by atoms with Crippen molar-refractivity contribution in [3.8, 4) is 5.75 Å². The molecule has 0 aromatic heterocycles. The third-order valence-electron chi connectivity index (χ3n) is 2.80. The molecular formula is C12H18N2O3. The zero-order valence-corrected chi connectivity index (χ0v) is 10.3. The highest BCUT2D eigenvalue weighted by Gasteiger charge is 2.22. The second kappa shape index (κ2) is 4.71. The lowest BCUT2D eigenvalue weighted by molar-refractivity contribution is -0.385. The van der Waals surface area contributed by atoms with Crippen LogP contribution < -0.4 is 5.73 Å². The number of rotatable bonds is 3. The van der Waals surface area contributed by atoms with Crippen LogP contribution in [0.4, 0.5) is 5.69 Å². The Bertz CT molecular complexity index is 424. The molecular weight excluding hydrogens is 220 g/mol. The summed E-state index contributed by atoms with van der Waals surface area (Å²) in [7, 11) is 0. The Morgan fingerprint density at radius 2 is 2.06 bits per heavy atom. The largest absolute Gasteiger partial charge is 0.502 e. The number of phenolic OH excluding ortho intramolecular Hbond substituents is 1. The minimum absolute atomic E-state index is 0.0628. The highest BCUT2D eigenvalue weighted by Crippen LogP contribution is 2.28. The van der Waals surface area contributed by atoms with Crippen molar-refractivity contribution in [2.75, 3.05) is 0 Å². The molecule has 1 rings (SSSR count). The zero-order valence-electron chi connectivity index (χ0n) is 10.3. The molecule has 1 aromatic rings. The van der Waals surface area contributed by atoms with E-state index in [1.165, 1.54) is 12.1 Å². The summed E-state index contributed by atoms with van der Waals surface area (Å²) in [5.41, 5.74) is 6.44. The predicted molar refractivity (Wildman–Crippen MR) is 65.9 cm³/mol. The van der Waals surface area contributed by atoms with Gasteiger partial charge in [-0.25, -0.2) is 0 Å². The Balaban J connectivity index is 2.94. The van der Waals surface area contributed by atoms with E-state index in [1.54, 1.807) is 6.07 Å². The molecule has 1 aromatic carbocycles. The first-order valence-corrected chi connectivity index (χ1v) is 5.43. The van der Waals surface area contributed by atoms with Crippen LogP contribution in [0.1, 0.15) is 26.3 Å². The van der Waals surface area contributed by atoms with E-state index in [4.69, 9.17) is 5.73 Å². The normalized spacial score (nSPS) is 13.4. The van der Waals surface area contributed by atoms with Gasteiger partial charge in [0.15, 0.2) is 5.75 Å². The van der Waals surface area contributed by atoms with Crippen molar-refractivity contribution in [3.05, 3.63) is 33.9 Å². The molecule has 3 N–H and O–H groups in total. The molecule has 0 aliphatic carbocycles. The Kier molecular flexibility index (Phi) is 3.72. The zero-order chi connectivity index (χ0) is 13.2. The van der Waals surface area contributed by atoms with E-state index in [0.29, 0.717) is 6.42 Å². The summed E-state index contributed by atoms with van der Waals surface area (Å²) in [4.78, 5) is 10.1. The number of phenols is 1. The summed E-state index contributed by atoms with van der Waals surface area (Å²) in [6.45, 7) is 6.06. The van der Waals surface area contributed by atoms with Crippen LogP contribution in [0.3, 0.4) is 0 Å². The average Bonchev–Trinajstić information content (AvgIpc) is 2.19. The summed E-state index contributed by atoms with van der Waals surface area (Å²) < 4.78 is 0. The Morgan fingerprint density at radius 1 is 1.47 bits per heavy atom. The molecule has 0 radical (unpaired) electrons. The van der Waals surface area contributed by atoms with Crippen LogP contribution in [0.5, 0.6) is 5.75 Å². The topological polar surface area (TPSA) is 89.4 Å². The van der Waals surface area contributed by atoms with Crippen molar-refractivity contribution < 1.29 is 10.0 Å². The van der Waals surface area contributed by atoms with Gasteiger partial charge in [-0.2, -0.15) is 0 Å². The van der Waals surface area contributed by atoms with E-state index < -0.39 is 4.92 Å². The number of hydrogen-bond donors (Lipinski definition) is 2. The first kappa shape index (κ1) is 13.4. The van der Waals surface area contributed by atoms with Crippen LogP contribution in [0, 0.1) is 15.5 Å². The molecule has 1 unspecified atom stereocenters. The van der Waals surface area contributed by atoms with Crippen LogP contribution in [0.15, 0.2) is 18.2 Å². The van der Waals surface area contributed by atoms with Crippen molar-refractivity contribution in [1.82, 2.24) is 0 Å². The van der Waals surface area contributed by atoms with E-state index in [0.717, 1.165) is 5.56 Å². The molecule has 5 heteroatoms. The van der Waals surface area contributed by atoms with Gasteiger partial charge in [0.25, 0.3) is 0 Å². The molecule has 94 valence electrons. The third-order valence-corrected chi connectivity index (χ3v) is 2.80. The summed E-state index contributed by atoms with van der Waals surface area (Å²) in [6, 6.07) is 4.28. The molecule has 17 heavy (non-hydrogen) atoms. The van der Waals surface area contributed by atoms with Gasteiger partial charge in [-0.3, -0.25) is 10.1 Å². The highest BCUT2D eigenvalue weighted by atomic mass is 16.6. The second-order valence-electron chi connectivity index (χ2n) is 5.26. The monoisotopic (exact) mass is 238 g/mol. The maximum absolute atomic E-state index is 10.7. The summed E-state index contributed by atoms with van der Waals surface area (Å²) in [5.74, 6) is -0.317. The molecule has 0 bridgehead atoms. The maximum Gasteiger partial charge on any atom is 0.310 e. The van der Waals surface area contributed by atoms with Crippen molar-refractivity contribution in [1.29, 1.82) is 0 Å². The fourth-order valence-corrected chi connectivity index (χ4v) is 1.40. The smallest absolute Gasteiger partial charge is 0.310 e. The van der Waals surface area contributed by atoms with E-state index >= 15 is 0 Å². The number of nitrogens with two attached hydrogens (primary N) is 1. The predicted octanol–water partition coefficient (Wildman–Crippen LogP) is 2.22. The Hall–Kier alpha value is -1.62. The molecule has 0 spiro atoms. The Labute approximate surface area is 100 Å².